The number of halogens is 3. The van der Waals surface area contributed by atoms with E-state index < -0.39 is 34.0 Å². The first kappa shape index (κ1) is 20.1. The Hall–Kier alpha value is -1.20. The Morgan fingerprint density at radius 1 is 1.28 bits per heavy atom. The molecular weight excluding hydrogens is 379 g/mol. The summed E-state index contributed by atoms with van der Waals surface area (Å²) in [5.41, 5.74) is -6.09. The van der Waals surface area contributed by atoms with Crippen molar-refractivity contribution < 1.29 is 26.4 Å². The number of aldehydes is 1. The zero-order chi connectivity index (χ0) is 18.7. The average molecular weight is 397 g/mol. The number of rotatable bonds is 7. The van der Waals surface area contributed by atoms with Gasteiger partial charge in [-0.15, -0.1) is 0 Å². The molecule has 140 valence electrons. The molecule has 2 fully saturated rings. The first-order valence-corrected chi connectivity index (χ1v) is 9.83. The molecule has 6 nitrogen and oxygen atoms in total. The molecule has 0 radical (unpaired) electrons. The first-order valence-electron chi connectivity index (χ1n) is 7.56. The fourth-order valence-corrected chi connectivity index (χ4v) is 4.23. The van der Waals surface area contributed by atoms with Gasteiger partial charge in [-0.25, -0.2) is 12.8 Å². The van der Waals surface area contributed by atoms with Crippen LogP contribution in [0.4, 0.5) is 13.2 Å². The number of carbonyl (C=O) groups excluding carboxylic acids is 1. The van der Waals surface area contributed by atoms with Crippen LogP contribution < -0.4 is 0 Å². The highest BCUT2D eigenvalue weighted by Crippen LogP contribution is 2.39. The molecule has 0 aromatic carbocycles. The van der Waals surface area contributed by atoms with E-state index in [0.29, 0.717) is 21.6 Å². The summed E-state index contributed by atoms with van der Waals surface area (Å²) < 4.78 is 65.8. The molecule has 1 saturated heterocycles. The monoisotopic (exact) mass is 397 g/mol. The maximum Gasteiger partial charge on any atom is 0.511 e. The molecule has 0 N–H and O–H groups in total. The van der Waals surface area contributed by atoms with Gasteiger partial charge in [0.25, 0.3) is 0 Å². The van der Waals surface area contributed by atoms with Gasteiger partial charge in [0.15, 0.2) is 0 Å². The van der Waals surface area contributed by atoms with Crippen LogP contribution in [0, 0.1) is 5.41 Å². The van der Waals surface area contributed by atoms with E-state index in [1.54, 1.807) is 0 Å². The van der Waals surface area contributed by atoms with E-state index in [-0.39, 0.29) is 12.8 Å². The molecule has 1 aliphatic carbocycles. The summed E-state index contributed by atoms with van der Waals surface area (Å²) in [4.78, 5) is 15.3. The molecule has 0 spiro atoms. The summed E-state index contributed by atoms with van der Waals surface area (Å²) in [7, 11) is -5.39. The van der Waals surface area contributed by atoms with Crippen LogP contribution in [0.5, 0.6) is 0 Å². The van der Waals surface area contributed by atoms with E-state index in [1.165, 1.54) is 24.2 Å². The van der Waals surface area contributed by atoms with Crippen LogP contribution >= 0.6 is 11.9 Å². The second-order valence-electron chi connectivity index (χ2n) is 5.90. The number of hydrogen-bond acceptors (Lipinski definition) is 6. The van der Waals surface area contributed by atoms with Crippen LogP contribution in [0.1, 0.15) is 25.7 Å². The van der Waals surface area contributed by atoms with Gasteiger partial charge in [0, 0.05) is 24.5 Å². The molecule has 2 rings (SSSR count). The molecule has 11 heteroatoms. The average Bonchev–Trinajstić information content (AvgIpc) is 3.38. The summed E-state index contributed by atoms with van der Waals surface area (Å²) in [6.07, 6.45) is 5.41. The van der Waals surface area contributed by atoms with Gasteiger partial charge in [-0.3, -0.25) is 4.99 Å². The molecule has 25 heavy (non-hydrogen) atoms. The summed E-state index contributed by atoms with van der Waals surface area (Å²) in [5, 5.41) is 0.384. The number of hydrogen-bond donors (Lipinski definition) is 0. The van der Waals surface area contributed by atoms with Gasteiger partial charge in [0.05, 0.1) is 11.1 Å². The molecule has 0 amide bonds. The minimum absolute atomic E-state index is 0.0721. The maximum atomic E-state index is 12.7. The Balaban J connectivity index is 2.20. The molecule has 0 aromatic heterocycles. The lowest BCUT2D eigenvalue weighted by atomic mass is 9.76. The van der Waals surface area contributed by atoms with Crippen molar-refractivity contribution in [3.05, 3.63) is 12.3 Å². The van der Waals surface area contributed by atoms with Crippen molar-refractivity contribution in [2.75, 3.05) is 13.1 Å². The number of allylic oxidation sites excluding steroid dienone is 1. The fraction of sp³-hybridized carbons (Fsp3) is 0.643. The molecule has 0 aromatic rings. The van der Waals surface area contributed by atoms with Gasteiger partial charge in [-0.2, -0.15) is 17.5 Å². The normalized spacial score (nSPS) is 22.9. The third-order valence-corrected chi connectivity index (χ3v) is 6.85. The lowest BCUT2D eigenvalue weighted by molar-refractivity contribution is -0.114. The summed E-state index contributed by atoms with van der Waals surface area (Å²) >= 11 is 1.32. The maximum absolute atomic E-state index is 12.7. The Kier molecular flexibility index (Phi) is 6.10. The van der Waals surface area contributed by atoms with E-state index in [4.69, 9.17) is 0 Å². The van der Waals surface area contributed by atoms with Gasteiger partial charge in [-0.05, 0) is 50.4 Å². The van der Waals surface area contributed by atoms with Crippen molar-refractivity contribution in [2.45, 2.75) is 36.4 Å². The van der Waals surface area contributed by atoms with E-state index in [2.05, 4.69) is 16.1 Å². The van der Waals surface area contributed by atoms with Gasteiger partial charge in [0.1, 0.15) is 6.29 Å². The third kappa shape index (κ3) is 4.50. The highest BCUT2D eigenvalue weighted by atomic mass is 32.2. The standard InChI is InChI=1S/C14H18F3N3O3S2/c1-18-7-4-12(19-24-11-2-3-11)13(10-21)5-8-20(9-6-13)25(22,23)14(15,16)17/h4,7,10-11H,1-3,5-6,8-9H2/b7-4-,19-12+. The number of piperidine rings is 1. The zero-order valence-corrected chi connectivity index (χ0v) is 14.9. The van der Waals surface area contributed by atoms with Crippen molar-refractivity contribution in [1.29, 1.82) is 0 Å². The van der Waals surface area contributed by atoms with Crippen LogP contribution in [0.3, 0.4) is 0 Å². The van der Waals surface area contributed by atoms with Crippen LogP contribution in [0.2, 0.25) is 0 Å². The number of carbonyl (C=O) groups is 1. The van der Waals surface area contributed by atoms with Crippen LogP contribution in [0.25, 0.3) is 0 Å². The number of nitrogens with zero attached hydrogens (tertiary/aromatic N) is 3. The van der Waals surface area contributed by atoms with Crippen molar-refractivity contribution in [3.8, 4) is 0 Å². The predicted octanol–water partition coefficient (Wildman–Crippen LogP) is 2.58. The SMILES string of the molecule is C=N/C=C\C(=N/SC1CC1)C1(C=O)CCN(S(=O)(=O)C(F)(F)F)CC1. The summed E-state index contributed by atoms with van der Waals surface area (Å²) in [5.74, 6) is 0. The number of sulfonamides is 1. The molecule has 0 atom stereocenters. The zero-order valence-electron chi connectivity index (χ0n) is 13.3. The molecule has 0 unspecified atom stereocenters. The largest absolute Gasteiger partial charge is 0.511 e. The lowest BCUT2D eigenvalue weighted by Gasteiger charge is -2.37. The van der Waals surface area contributed by atoms with Crippen molar-refractivity contribution in [3.63, 3.8) is 0 Å². The van der Waals surface area contributed by atoms with E-state index in [9.17, 15) is 26.4 Å². The van der Waals surface area contributed by atoms with E-state index in [0.717, 1.165) is 12.8 Å². The topological polar surface area (TPSA) is 79.2 Å². The van der Waals surface area contributed by atoms with Gasteiger partial charge in [0.2, 0.25) is 0 Å². The molecule has 0 bridgehead atoms. The lowest BCUT2D eigenvalue weighted by Crippen LogP contribution is -2.50. The van der Waals surface area contributed by atoms with Gasteiger partial charge in [-0.1, -0.05) is 0 Å². The Morgan fingerprint density at radius 3 is 2.32 bits per heavy atom. The summed E-state index contributed by atoms with van der Waals surface area (Å²) in [6, 6.07) is 0. The number of alkyl halides is 3. The smallest absolute Gasteiger partial charge is 0.302 e. The molecule has 1 saturated carbocycles. The predicted molar refractivity (Wildman–Crippen MR) is 91.0 cm³/mol. The highest BCUT2D eigenvalue weighted by Gasteiger charge is 2.52. The Morgan fingerprint density at radius 2 is 1.88 bits per heavy atom. The van der Waals surface area contributed by atoms with E-state index in [1.807, 2.05) is 0 Å². The molecule has 2 aliphatic rings. The van der Waals surface area contributed by atoms with Gasteiger partial charge >= 0.3 is 15.5 Å². The fourth-order valence-electron chi connectivity index (χ4n) is 2.42. The molecule has 1 heterocycles. The highest BCUT2D eigenvalue weighted by molar-refractivity contribution is 7.99. The minimum atomic E-state index is -5.39. The quantitative estimate of drug-likeness (QED) is 0.376. The van der Waals surface area contributed by atoms with E-state index >= 15 is 0 Å². The molecule has 1 aliphatic heterocycles. The Labute approximate surface area is 148 Å². The second-order valence-corrected chi connectivity index (χ2v) is 8.89. The van der Waals surface area contributed by atoms with Crippen LogP contribution in [0.15, 0.2) is 21.7 Å². The Bertz CT molecular complexity index is 677. The van der Waals surface area contributed by atoms with Crippen molar-refractivity contribution in [1.82, 2.24) is 4.31 Å². The molecular formula is C14H18F3N3O3S2. The van der Waals surface area contributed by atoms with Crippen LogP contribution in [-0.4, -0.2) is 55.3 Å². The summed E-state index contributed by atoms with van der Waals surface area (Å²) in [6.45, 7) is 2.51. The number of aliphatic imine (C=N–C) groups is 1. The minimum Gasteiger partial charge on any atom is -0.302 e. The second kappa shape index (κ2) is 7.58. The van der Waals surface area contributed by atoms with Crippen molar-refractivity contribution >= 4 is 40.7 Å². The van der Waals surface area contributed by atoms with Crippen molar-refractivity contribution in [2.24, 2.45) is 14.8 Å². The third-order valence-electron chi connectivity index (χ3n) is 4.15. The van der Waals surface area contributed by atoms with Crippen LogP contribution in [-0.2, 0) is 14.8 Å². The van der Waals surface area contributed by atoms with Gasteiger partial charge < -0.3 is 4.79 Å². The first-order chi connectivity index (χ1) is 11.7.